The molecule has 2 amide bonds. The van der Waals surface area contributed by atoms with Gasteiger partial charge < -0.3 is 20.9 Å². The Morgan fingerprint density at radius 1 is 1.30 bits per heavy atom. The molecule has 2 rings (SSSR count). The van der Waals surface area contributed by atoms with E-state index in [1.807, 2.05) is 0 Å². The van der Waals surface area contributed by atoms with Gasteiger partial charge >= 0.3 is 6.09 Å². The van der Waals surface area contributed by atoms with E-state index in [0.29, 0.717) is 6.07 Å². The zero-order valence-corrected chi connectivity index (χ0v) is 14.6. The summed E-state index contributed by atoms with van der Waals surface area (Å²) in [6.45, 7) is 1.57. The van der Waals surface area contributed by atoms with E-state index in [2.05, 4.69) is 10.3 Å². The summed E-state index contributed by atoms with van der Waals surface area (Å²) in [6, 6.07) is 4.12. The number of nitrogens with one attached hydrogen (secondary N) is 1. The zero-order valence-electron chi connectivity index (χ0n) is 14.6. The number of hydrogen-bond acceptors (Lipinski definition) is 5. The van der Waals surface area contributed by atoms with E-state index < -0.39 is 29.7 Å². The van der Waals surface area contributed by atoms with Crippen molar-refractivity contribution in [3.63, 3.8) is 0 Å². The summed E-state index contributed by atoms with van der Waals surface area (Å²) in [4.78, 5) is 28.9. The molecule has 0 aliphatic carbocycles. The second-order valence-corrected chi connectivity index (χ2v) is 5.48. The number of nitrogens with zero attached hydrogens (tertiary/aromatic N) is 2. The molecule has 1 aromatic carbocycles. The maximum Gasteiger partial charge on any atom is 0.405 e. The quantitative estimate of drug-likeness (QED) is 0.709. The first-order chi connectivity index (χ1) is 12.8. The smallest absolute Gasteiger partial charge is 0.405 e. The highest BCUT2D eigenvalue weighted by molar-refractivity contribution is 6.05. The van der Waals surface area contributed by atoms with Crippen molar-refractivity contribution >= 4 is 29.2 Å². The molecular formula is C17H18F2N4O4. The predicted octanol–water partition coefficient (Wildman–Crippen LogP) is 2.66. The summed E-state index contributed by atoms with van der Waals surface area (Å²) in [5.74, 6) is -2.70. The van der Waals surface area contributed by atoms with Crippen LogP contribution < -0.4 is 20.7 Å². The number of amides is 2. The Kier molecular flexibility index (Phi) is 6.11. The molecule has 0 radical (unpaired) electrons. The van der Waals surface area contributed by atoms with E-state index in [9.17, 15) is 18.4 Å². The molecule has 0 aliphatic rings. The first-order valence-corrected chi connectivity index (χ1v) is 7.86. The van der Waals surface area contributed by atoms with Crippen LogP contribution in [0.2, 0.25) is 0 Å². The first kappa shape index (κ1) is 19.9. The van der Waals surface area contributed by atoms with Crippen LogP contribution in [0, 0.1) is 11.6 Å². The molecule has 10 heteroatoms. The minimum Gasteiger partial charge on any atom is -0.481 e. The third-order valence-electron chi connectivity index (χ3n) is 3.63. The number of carbonyl (C=O) groups is 2. The normalized spacial score (nSPS) is 11.6. The largest absolute Gasteiger partial charge is 0.481 e. The number of pyridine rings is 1. The Bertz CT molecular complexity index is 843. The average molecular weight is 380 g/mol. The molecule has 1 unspecified atom stereocenters. The molecule has 1 aromatic heterocycles. The number of aromatic nitrogens is 1. The third kappa shape index (κ3) is 4.60. The number of carbonyl (C=O) groups excluding carboxylic acids is 1. The van der Waals surface area contributed by atoms with Crippen molar-refractivity contribution in [2.45, 2.75) is 19.4 Å². The Hall–Kier alpha value is -3.43. The second kappa shape index (κ2) is 8.30. The maximum absolute atomic E-state index is 13.7. The van der Waals surface area contributed by atoms with Gasteiger partial charge in [0.15, 0.2) is 5.82 Å². The van der Waals surface area contributed by atoms with Crippen LogP contribution in [0.5, 0.6) is 5.88 Å². The van der Waals surface area contributed by atoms with Gasteiger partial charge in [-0.2, -0.15) is 4.98 Å². The van der Waals surface area contributed by atoms with Gasteiger partial charge in [0.2, 0.25) is 5.88 Å². The lowest BCUT2D eigenvalue weighted by Gasteiger charge is -2.27. The Morgan fingerprint density at radius 2 is 1.93 bits per heavy atom. The van der Waals surface area contributed by atoms with Crippen molar-refractivity contribution in [2.24, 2.45) is 0 Å². The standard InChI is InChI=1S/C17H18F2N4O4/c1-3-13(21-17(25)26)16(24)23(11-7-9(18)6-10(19)8-11)15-12(20)4-5-14(22-15)27-2/h4-8,13,21H,3,20H2,1-2H3,(H,25,26). The average Bonchev–Trinajstić information content (AvgIpc) is 2.60. The van der Waals surface area contributed by atoms with Gasteiger partial charge in [-0.15, -0.1) is 0 Å². The van der Waals surface area contributed by atoms with Gasteiger partial charge in [-0.3, -0.25) is 9.69 Å². The van der Waals surface area contributed by atoms with Gasteiger partial charge in [0.05, 0.1) is 18.5 Å². The molecule has 0 saturated carbocycles. The van der Waals surface area contributed by atoms with Crippen LogP contribution in [0.1, 0.15) is 13.3 Å². The fourth-order valence-electron chi connectivity index (χ4n) is 2.40. The molecule has 1 heterocycles. The van der Waals surface area contributed by atoms with Crippen molar-refractivity contribution < 1.29 is 28.2 Å². The van der Waals surface area contributed by atoms with Gasteiger partial charge in [-0.05, 0) is 24.6 Å². The van der Waals surface area contributed by atoms with Crippen molar-refractivity contribution in [1.29, 1.82) is 0 Å². The number of methoxy groups -OCH3 is 1. The molecule has 27 heavy (non-hydrogen) atoms. The summed E-state index contributed by atoms with van der Waals surface area (Å²) in [5.41, 5.74) is 5.73. The minimum atomic E-state index is -1.42. The highest BCUT2D eigenvalue weighted by Gasteiger charge is 2.30. The van der Waals surface area contributed by atoms with Gasteiger partial charge in [0, 0.05) is 12.1 Å². The van der Waals surface area contributed by atoms with Gasteiger partial charge in [0.25, 0.3) is 5.91 Å². The summed E-state index contributed by atoms with van der Waals surface area (Å²) in [5, 5.41) is 11.0. The fraction of sp³-hybridized carbons (Fsp3) is 0.235. The Balaban J connectivity index is 2.65. The zero-order chi connectivity index (χ0) is 20.1. The highest BCUT2D eigenvalue weighted by Crippen LogP contribution is 2.32. The molecule has 1 atom stereocenters. The molecule has 0 saturated heterocycles. The monoisotopic (exact) mass is 380 g/mol. The summed E-state index contributed by atoms with van der Waals surface area (Å²) < 4.78 is 32.5. The van der Waals surface area contributed by atoms with Crippen molar-refractivity contribution in [3.8, 4) is 5.88 Å². The number of halogens is 2. The van der Waals surface area contributed by atoms with E-state index in [4.69, 9.17) is 15.6 Å². The minimum absolute atomic E-state index is 0.0268. The SMILES string of the molecule is CCC(NC(=O)O)C(=O)N(c1cc(F)cc(F)c1)c1nc(OC)ccc1N. The van der Waals surface area contributed by atoms with Crippen molar-refractivity contribution in [3.05, 3.63) is 42.0 Å². The van der Waals surface area contributed by atoms with Gasteiger partial charge in [-0.1, -0.05) is 6.92 Å². The first-order valence-electron chi connectivity index (χ1n) is 7.86. The lowest BCUT2D eigenvalue weighted by atomic mass is 10.1. The number of nitrogen functional groups attached to an aromatic ring is 1. The van der Waals surface area contributed by atoms with E-state index in [1.165, 1.54) is 19.2 Å². The number of nitrogens with two attached hydrogens (primary N) is 1. The fourth-order valence-corrected chi connectivity index (χ4v) is 2.40. The predicted molar refractivity (Wildman–Crippen MR) is 93.9 cm³/mol. The molecule has 2 aromatic rings. The number of carboxylic acid groups (broad SMARTS) is 1. The summed E-state index contributed by atoms with van der Waals surface area (Å²) >= 11 is 0. The lowest BCUT2D eigenvalue weighted by Crippen LogP contribution is -2.46. The summed E-state index contributed by atoms with van der Waals surface area (Å²) in [6.07, 6.45) is -1.34. The van der Waals surface area contributed by atoms with E-state index in [0.717, 1.165) is 17.0 Å². The van der Waals surface area contributed by atoms with Crippen molar-refractivity contribution in [1.82, 2.24) is 10.3 Å². The third-order valence-corrected chi connectivity index (χ3v) is 3.63. The molecule has 0 spiro atoms. The number of benzene rings is 1. The van der Waals surface area contributed by atoms with Crippen LogP contribution in [0.4, 0.5) is 30.8 Å². The second-order valence-electron chi connectivity index (χ2n) is 5.48. The summed E-state index contributed by atoms with van der Waals surface area (Å²) in [7, 11) is 1.34. The van der Waals surface area contributed by atoms with Gasteiger partial charge in [0.1, 0.15) is 17.7 Å². The van der Waals surface area contributed by atoms with E-state index in [1.54, 1.807) is 6.92 Å². The Morgan fingerprint density at radius 3 is 2.44 bits per heavy atom. The maximum atomic E-state index is 13.7. The molecule has 8 nitrogen and oxygen atoms in total. The van der Waals surface area contributed by atoms with Crippen LogP contribution >= 0.6 is 0 Å². The number of ether oxygens (including phenoxy) is 1. The van der Waals surface area contributed by atoms with Crippen LogP contribution in [-0.4, -0.2) is 35.2 Å². The number of rotatable bonds is 6. The van der Waals surface area contributed by atoms with Crippen LogP contribution in [-0.2, 0) is 4.79 Å². The Labute approximate surface area is 153 Å². The van der Waals surface area contributed by atoms with E-state index in [-0.39, 0.29) is 29.5 Å². The molecule has 4 N–H and O–H groups in total. The number of hydrogen-bond donors (Lipinski definition) is 3. The van der Waals surface area contributed by atoms with Gasteiger partial charge in [-0.25, -0.2) is 13.6 Å². The van der Waals surface area contributed by atoms with Crippen molar-refractivity contribution in [2.75, 3.05) is 17.7 Å². The van der Waals surface area contributed by atoms with Crippen LogP contribution in [0.25, 0.3) is 0 Å². The van der Waals surface area contributed by atoms with Crippen LogP contribution in [0.15, 0.2) is 30.3 Å². The molecule has 0 fully saturated rings. The number of anilines is 3. The highest BCUT2D eigenvalue weighted by atomic mass is 19.1. The molecule has 0 aliphatic heterocycles. The molecule has 144 valence electrons. The molecule has 0 bridgehead atoms. The topological polar surface area (TPSA) is 118 Å². The van der Waals surface area contributed by atoms with Crippen LogP contribution in [0.3, 0.4) is 0 Å². The molecular weight excluding hydrogens is 362 g/mol. The van der Waals surface area contributed by atoms with E-state index >= 15 is 0 Å². The lowest BCUT2D eigenvalue weighted by molar-refractivity contribution is -0.119.